The van der Waals surface area contributed by atoms with Crippen molar-refractivity contribution in [3.63, 3.8) is 0 Å². The van der Waals surface area contributed by atoms with Crippen molar-refractivity contribution >= 4 is 0 Å². The van der Waals surface area contributed by atoms with Gasteiger partial charge in [0.15, 0.2) is 0 Å². The molecule has 0 spiro atoms. The fraction of sp³-hybridized carbons (Fsp3) is 1.00. The Bertz CT molecular complexity index is 228. The van der Waals surface area contributed by atoms with Gasteiger partial charge in [-0.1, -0.05) is 58.8 Å². The Morgan fingerprint density at radius 2 is 1.89 bits per heavy atom. The Morgan fingerprint density at radius 1 is 1.11 bits per heavy atom. The highest BCUT2D eigenvalue weighted by Crippen LogP contribution is 2.58. The predicted octanol–water partition coefficient (Wildman–Crippen LogP) is 4.76. The molecule has 2 fully saturated rings. The molecule has 0 bridgehead atoms. The third-order valence-corrected chi connectivity index (χ3v) is 5.52. The zero-order chi connectivity index (χ0) is 12.8. The Balaban J connectivity index is 1.64. The van der Waals surface area contributed by atoms with E-state index in [1.54, 1.807) is 0 Å². The first-order valence-corrected chi connectivity index (χ1v) is 8.53. The molecule has 1 heteroatoms. The summed E-state index contributed by atoms with van der Waals surface area (Å²) in [6, 6.07) is 0. The Hall–Kier alpha value is -0.0400. The standard InChI is InChI=1S/C17H33N/c1-3-5-6-7-13-18-14-17(11-12-17)16(4-2)15-9-8-10-15/h15-16,18H,3-14H2,1-2H3. The van der Waals surface area contributed by atoms with E-state index >= 15 is 0 Å². The van der Waals surface area contributed by atoms with Crippen LogP contribution in [0.3, 0.4) is 0 Å². The summed E-state index contributed by atoms with van der Waals surface area (Å²) >= 11 is 0. The summed E-state index contributed by atoms with van der Waals surface area (Å²) in [5, 5.41) is 3.76. The van der Waals surface area contributed by atoms with Gasteiger partial charge in [0, 0.05) is 6.54 Å². The summed E-state index contributed by atoms with van der Waals surface area (Å²) in [6.07, 6.45) is 14.5. The minimum atomic E-state index is 0.727. The van der Waals surface area contributed by atoms with E-state index in [2.05, 4.69) is 19.2 Å². The van der Waals surface area contributed by atoms with E-state index in [1.807, 2.05) is 0 Å². The van der Waals surface area contributed by atoms with Crippen molar-refractivity contribution < 1.29 is 0 Å². The predicted molar refractivity (Wildman–Crippen MR) is 79.8 cm³/mol. The molecule has 1 N–H and O–H groups in total. The summed E-state index contributed by atoms with van der Waals surface area (Å²) in [4.78, 5) is 0. The van der Waals surface area contributed by atoms with Crippen LogP contribution in [-0.4, -0.2) is 13.1 Å². The van der Waals surface area contributed by atoms with Gasteiger partial charge in [0.25, 0.3) is 0 Å². The van der Waals surface area contributed by atoms with E-state index in [4.69, 9.17) is 0 Å². The van der Waals surface area contributed by atoms with Crippen LogP contribution in [0.1, 0.15) is 78.1 Å². The van der Waals surface area contributed by atoms with Crippen LogP contribution >= 0.6 is 0 Å². The van der Waals surface area contributed by atoms with Crippen LogP contribution in [0.5, 0.6) is 0 Å². The second-order valence-electron chi connectivity index (χ2n) is 6.81. The maximum Gasteiger partial charge on any atom is 0.00106 e. The average molecular weight is 251 g/mol. The van der Waals surface area contributed by atoms with E-state index in [0.29, 0.717) is 0 Å². The molecule has 0 amide bonds. The lowest BCUT2D eigenvalue weighted by molar-refractivity contribution is 0.122. The lowest BCUT2D eigenvalue weighted by Gasteiger charge is -2.39. The summed E-state index contributed by atoms with van der Waals surface area (Å²) in [7, 11) is 0. The number of unbranched alkanes of at least 4 members (excludes halogenated alkanes) is 3. The number of hydrogen-bond acceptors (Lipinski definition) is 1. The molecule has 2 saturated carbocycles. The molecule has 0 radical (unpaired) electrons. The quantitative estimate of drug-likeness (QED) is 0.552. The van der Waals surface area contributed by atoms with E-state index < -0.39 is 0 Å². The molecule has 0 aliphatic heterocycles. The first-order valence-electron chi connectivity index (χ1n) is 8.53. The molecule has 18 heavy (non-hydrogen) atoms. The number of hydrogen-bond donors (Lipinski definition) is 1. The van der Waals surface area contributed by atoms with Crippen LogP contribution in [0, 0.1) is 17.3 Å². The second-order valence-corrected chi connectivity index (χ2v) is 6.81. The molecule has 0 saturated heterocycles. The molecule has 106 valence electrons. The van der Waals surface area contributed by atoms with Crippen LogP contribution in [0.25, 0.3) is 0 Å². The summed E-state index contributed by atoms with van der Waals surface area (Å²) in [5.41, 5.74) is 0.727. The van der Waals surface area contributed by atoms with Gasteiger partial charge in [-0.05, 0) is 43.1 Å². The van der Waals surface area contributed by atoms with Gasteiger partial charge in [0.1, 0.15) is 0 Å². The highest BCUT2D eigenvalue weighted by molar-refractivity contribution is 5.02. The van der Waals surface area contributed by atoms with Crippen LogP contribution < -0.4 is 5.32 Å². The van der Waals surface area contributed by atoms with Crippen molar-refractivity contribution in [2.45, 2.75) is 78.1 Å². The van der Waals surface area contributed by atoms with Gasteiger partial charge in [-0.25, -0.2) is 0 Å². The molecular formula is C17H33N. The van der Waals surface area contributed by atoms with Gasteiger partial charge in [-0.15, -0.1) is 0 Å². The molecular weight excluding hydrogens is 218 g/mol. The molecule has 2 aliphatic rings. The van der Waals surface area contributed by atoms with Crippen molar-refractivity contribution in [3.05, 3.63) is 0 Å². The molecule has 1 unspecified atom stereocenters. The highest BCUT2D eigenvalue weighted by atomic mass is 14.9. The topological polar surface area (TPSA) is 12.0 Å². The number of nitrogens with one attached hydrogen (secondary N) is 1. The third-order valence-electron chi connectivity index (χ3n) is 5.52. The molecule has 1 nitrogen and oxygen atoms in total. The van der Waals surface area contributed by atoms with Crippen molar-refractivity contribution in [2.24, 2.45) is 17.3 Å². The van der Waals surface area contributed by atoms with E-state index in [0.717, 1.165) is 17.3 Å². The number of rotatable bonds is 10. The molecule has 0 aromatic heterocycles. The van der Waals surface area contributed by atoms with Crippen molar-refractivity contribution in [3.8, 4) is 0 Å². The minimum absolute atomic E-state index is 0.727. The molecule has 2 aliphatic carbocycles. The van der Waals surface area contributed by atoms with Crippen molar-refractivity contribution in [1.29, 1.82) is 0 Å². The molecule has 0 aromatic rings. The highest BCUT2D eigenvalue weighted by Gasteiger charge is 2.51. The fourth-order valence-electron chi connectivity index (χ4n) is 3.96. The first-order chi connectivity index (χ1) is 8.82. The maximum absolute atomic E-state index is 3.76. The summed E-state index contributed by atoms with van der Waals surface area (Å²) in [6.45, 7) is 7.28. The molecule has 0 aromatic carbocycles. The van der Waals surface area contributed by atoms with Gasteiger partial charge in [0.05, 0.1) is 0 Å². The van der Waals surface area contributed by atoms with Crippen LogP contribution in [0.15, 0.2) is 0 Å². The monoisotopic (exact) mass is 251 g/mol. The summed E-state index contributed by atoms with van der Waals surface area (Å²) < 4.78 is 0. The van der Waals surface area contributed by atoms with Gasteiger partial charge < -0.3 is 5.32 Å². The fourth-order valence-corrected chi connectivity index (χ4v) is 3.96. The van der Waals surface area contributed by atoms with Gasteiger partial charge in [-0.3, -0.25) is 0 Å². The smallest absolute Gasteiger partial charge is 0.00106 e. The van der Waals surface area contributed by atoms with Crippen molar-refractivity contribution in [1.82, 2.24) is 5.32 Å². The second kappa shape index (κ2) is 6.93. The molecule has 0 heterocycles. The average Bonchev–Trinajstić information content (AvgIpc) is 3.09. The van der Waals surface area contributed by atoms with E-state index in [1.165, 1.54) is 77.3 Å². The largest absolute Gasteiger partial charge is 0.316 e. The Labute approximate surface area is 114 Å². The Morgan fingerprint density at radius 3 is 2.39 bits per heavy atom. The third kappa shape index (κ3) is 3.50. The minimum Gasteiger partial charge on any atom is -0.316 e. The van der Waals surface area contributed by atoms with Crippen LogP contribution in [-0.2, 0) is 0 Å². The SMILES string of the molecule is CCCCCCNCC1(C(CC)C2CCC2)CC1. The lowest BCUT2D eigenvalue weighted by Crippen LogP contribution is -2.36. The molecule has 1 atom stereocenters. The van der Waals surface area contributed by atoms with Gasteiger partial charge >= 0.3 is 0 Å². The first kappa shape index (κ1) is 14.4. The Kier molecular flexibility index (Phi) is 5.54. The molecule has 2 rings (SSSR count). The lowest BCUT2D eigenvalue weighted by atomic mass is 9.68. The van der Waals surface area contributed by atoms with Crippen LogP contribution in [0.2, 0.25) is 0 Å². The van der Waals surface area contributed by atoms with E-state index in [-0.39, 0.29) is 0 Å². The van der Waals surface area contributed by atoms with E-state index in [9.17, 15) is 0 Å². The maximum atomic E-state index is 3.76. The van der Waals surface area contributed by atoms with Gasteiger partial charge in [0.2, 0.25) is 0 Å². The van der Waals surface area contributed by atoms with Crippen LogP contribution in [0.4, 0.5) is 0 Å². The van der Waals surface area contributed by atoms with Gasteiger partial charge in [-0.2, -0.15) is 0 Å². The zero-order valence-corrected chi connectivity index (χ0v) is 12.6. The zero-order valence-electron chi connectivity index (χ0n) is 12.6. The van der Waals surface area contributed by atoms with Crippen molar-refractivity contribution in [2.75, 3.05) is 13.1 Å². The summed E-state index contributed by atoms with van der Waals surface area (Å²) in [5.74, 6) is 2.12. The normalized spacial score (nSPS) is 23.7.